The summed E-state index contributed by atoms with van der Waals surface area (Å²) < 4.78 is 10.1. The molecule has 0 aliphatic carbocycles. The summed E-state index contributed by atoms with van der Waals surface area (Å²) in [7, 11) is 1.24. The first kappa shape index (κ1) is 35.5. The second-order valence-corrected chi connectivity index (χ2v) is 11.6. The largest absolute Gasteiger partial charge is 0.479 e. The number of nitrogens with two attached hydrogens (primary N) is 2. The van der Waals surface area contributed by atoms with Crippen LogP contribution in [-0.4, -0.2) is 84.0 Å². The van der Waals surface area contributed by atoms with Gasteiger partial charge in [-0.1, -0.05) is 43.0 Å². The third-order valence-corrected chi connectivity index (χ3v) is 8.06. The van der Waals surface area contributed by atoms with Gasteiger partial charge in [0.2, 0.25) is 0 Å². The number of methoxy groups -OCH3 is 1. The number of ether oxygens (including phenoxy) is 1. The highest BCUT2D eigenvalue weighted by atomic mass is 16.5. The molecule has 5 aromatic heterocycles. The first-order chi connectivity index (χ1) is 26.6. The van der Waals surface area contributed by atoms with Crippen LogP contribution in [0.4, 0.5) is 34.6 Å². The number of carbonyl (C=O) groups excluding carboxylic acids is 1. The number of aromatic hydroxyl groups is 1. The average molecular weight is 742 g/mol. The van der Waals surface area contributed by atoms with E-state index in [0.717, 1.165) is 9.36 Å². The maximum Gasteiger partial charge on any atom is 0.343 e. The number of carbonyl (C=O) groups is 1. The second-order valence-electron chi connectivity index (χ2n) is 11.6. The van der Waals surface area contributed by atoms with Crippen LogP contribution in [0.1, 0.15) is 27.3 Å². The number of para-hydroxylation sites is 2. The van der Waals surface area contributed by atoms with Crippen molar-refractivity contribution in [1.29, 1.82) is 0 Å². The Balaban J connectivity index is 1.23. The Hall–Kier alpha value is -7.94. The summed E-state index contributed by atoms with van der Waals surface area (Å²) in [5.41, 5.74) is 16.2. The van der Waals surface area contributed by atoms with Gasteiger partial charge in [-0.3, -0.25) is 0 Å². The van der Waals surface area contributed by atoms with E-state index < -0.39 is 12.0 Å². The number of benzene rings is 2. The van der Waals surface area contributed by atoms with E-state index in [1.54, 1.807) is 42.8 Å². The Labute approximate surface area is 310 Å². The summed E-state index contributed by atoms with van der Waals surface area (Å²) in [5, 5.41) is 55.4. The van der Waals surface area contributed by atoms with Crippen molar-refractivity contribution < 1.29 is 19.7 Å². The van der Waals surface area contributed by atoms with Crippen molar-refractivity contribution in [3.8, 4) is 29.3 Å². The zero-order valence-electron chi connectivity index (χ0n) is 29.4. The number of rotatable bonds is 11. The van der Waals surface area contributed by atoms with E-state index in [2.05, 4.69) is 62.4 Å². The first-order valence-corrected chi connectivity index (χ1v) is 16.2. The van der Waals surface area contributed by atoms with E-state index in [1.807, 2.05) is 36.4 Å². The molecule has 0 amide bonds. The number of aliphatic hydroxyl groups excluding tert-OH is 1. The summed E-state index contributed by atoms with van der Waals surface area (Å²) in [6.45, 7) is 6.85. The molecule has 55 heavy (non-hydrogen) atoms. The SMILES string of the molecule is C=C(CO)c1cnn(-c2ccccc2)c1N=Nc1c(C)nn(-c2nc(O)nc(-n3nc(C)c(N=Nc4c(C(=O)OC)cnn4-c4ccccc4)c3N)n2)c1N. The van der Waals surface area contributed by atoms with Crippen molar-refractivity contribution in [3.05, 3.63) is 102 Å². The number of esters is 1. The molecule has 7 rings (SSSR count). The van der Waals surface area contributed by atoms with Gasteiger partial charge in [0.25, 0.3) is 11.9 Å². The van der Waals surface area contributed by atoms with Gasteiger partial charge in [-0.2, -0.15) is 44.7 Å². The van der Waals surface area contributed by atoms with Gasteiger partial charge < -0.3 is 26.4 Å². The lowest BCUT2D eigenvalue weighted by Gasteiger charge is -2.07. The molecule has 0 saturated carbocycles. The normalized spacial score (nSPS) is 11.6. The molecule has 0 spiro atoms. The van der Waals surface area contributed by atoms with Gasteiger partial charge in [-0.25, -0.2) is 14.2 Å². The summed E-state index contributed by atoms with van der Waals surface area (Å²) in [6, 6.07) is 17.5. The van der Waals surface area contributed by atoms with Gasteiger partial charge >= 0.3 is 12.0 Å². The second kappa shape index (κ2) is 14.6. The number of nitrogens with zero attached hydrogens (tertiary/aromatic N) is 15. The first-order valence-electron chi connectivity index (χ1n) is 16.2. The number of hydrogen-bond donors (Lipinski definition) is 4. The topological polar surface area (TPSA) is 278 Å². The van der Waals surface area contributed by atoms with Gasteiger partial charge in [-0.15, -0.1) is 20.5 Å². The van der Waals surface area contributed by atoms with Crippen LogP contribution >= 0.6 is 0 Å². The van der Waals surface area contributed by atoms with E-state index >= 15 is 0 Å². The van der Waals surface area contributed by atoms with E-state index in [0.29, 0.717) is 39.7 Å². The van der Waals surface area contributed by atoms with E-state index in [1.165, 1.54) is 24.2 Å². The number of azo groups is 2. The molecule has 0 unspecified atom stereocenters. The lowest BCUT2D eigenvalue weighted by Crippen LogP contribution is -2.13. The highest BCUT2D eigenvalue weighted by Crippen LogP contribution is 2.35. The number of aromatic nitrogens is 11. The molecule has 6 N–H and O–H groups in total. The molecule has 0 saturated heterocycles. The van der Waals surface area contributed by atoms with Gasteiger partial charge in [0.05, 0.1) is 48.9 Å². The monoisotopic (exact) mass is 741 g/mol. The molecule has 21 heteroatoms. The standard InChI is InChI=1S/C34H31N17O4/c1-18(17-52)23-15-37-48(21-11-7-5-8-12-21)29(23)44-42-25-19(2)46-50(27(25)35)32-39-33(41-34(54)40-32)51-28(36)26(20(3)47-51)43-45-30-24(31(53)55-4)16-38-49(30)22-13-9-6-10-14-22/h5-16,52H,1,17,35-36H2,2-4H3,(H,39,40,41,54). The van der Waals surface area contributed by atoms with Crippen LogP contribution in [0.5, 0.6) is 6.01 Å². The van der Waals surface area contributed by atoms with Crippen molar-refractivity contribution in [2.24, 2.45) is 20.5 Å². The quantitative estimate of drug-likeness (QED) is 0.103. The Morgan fingerprint density at radius 1 is 0.727 bits per heavy atom. The third-order valence-electron chi connectivity index (χ3n) is 8.06. The van der Waals surface area contributed by atoms with Crippen LogP contribution in [0.3, 0.4) is 0 Å². The molecule has 5 heterocycles. The number of nitrogen functional groups attached to an aromatic ring is 2. The van der Waals surface area contributed by atoms with Crippen LogP contribution in [0.2, 0.25) is 0 Å². The predicted molar refractivity (Wildman–Crippen MR) is 197 cm³/mol. The van der Waals surface area contributed by atoms with E-state index in [4.69, 9.17) is 16.2 Å². The highest BCUT2D eigenvalue weighted by Gasteiger charge is 2.24. The summed E-state index contributed by atoms with van der Waals surface area (Å²) in [5.74, 6) is -0.776. The van der Waals surface area contributed by atoms with Crippen LogP contribution in [-0.2, 0) is 4.74 Å². The van der Waals surface area contributed by atoms with E-state index in [9.17, 15) is 15.0 Å². The fraction of sp³-hybridized carbons (Fsp3) is 0.118. The summed E-state index contributed by atoms with van der Waals surface area (Å²) >= 11 is 0. The minimum absolute atomic E-state index is 0.0262. The molecule has 276 valence electrons. The fourth-order valence-corrected chi connectivity index (χ4v) is 5.33. The van der Waals surface area contributed by atoms with Crippen LogP contribution in [0, 0.1) is 13.8 Å². The fourth-order valence-electron chi connectivity index (χ4n) is 5.33. The molecule has 0 aliphatic heterocycles. The minimum atomic E-state index is -0.695. The zero-order chi connectivity index (χ0) is 38.8. The summed E-state index contributed by atoms with van der Waals surface area (Å²) in [4.78, 5) is 25.0. The Bertz CT molecular complexity index is 2440. The van der Waals surface area contributed by atoms with Crippen molar-refractivity contribution >= 4 is 46.2 Å². The van der Waals surface area contributed by atoms with Crippen LogP contribution in [0.15, 0.2) is 100 Å². The molecule has 0 bridgehead atoms. The van der Waals surface area contributed by atoms with Gasteiger partial charge in [0.1, 0.15) is 5.56 Å². The Kier molecular flexibility index (Phi) is 9.41. The van der Waals surface area contributed by atoms with Gasteiger partial charge in [-0.05, 0) is 43.7 Å². The zero-order valence-corrected chi connectivity index (χ0v) is 29.4. The lowest BCUT2D eigenvalue weighted by atomic mass is 10.1. The third kappa shape index (κ3) is 6.64. The lowest BCUT2D eigenvalue weighted by molar-refractivity contribution is 0.0601. The molecular formula is C34H31N17O4. The smallest absolute Gasteiger partial charge is 0.343 e. The van der Waals surface area contributed by atoms with Crippen LogP contribution < -0.4 is 11.5 Å². The molecule has 21 nitrogen and oxygen atoms in total. The molecule has 7 aromatic rings. The minimum Gasteiger partial charge on any atom is -0.479 e. The Morgan fingerprint density at radius 3 is 1.64 bits per heavy atom. The molecule has 0 radical (unpaired) electrons. The van der Waals surface area contributed by atoms with Crippen molar-refractivity contribution in [1.82, 2.24) is 54.1 Å². The van der Waals surface area contributed by atoms with Crippen molar-refractivity contribution in [3.63, 3.8) is 0 Å². The number of hydrogen-bond acceptors (Lipinski definition) is 17. The number of aryl methyl sites for hydroxylation is 2. The molecule has 2 aromatic carbocycles. The van der Waals surface area contributed by atoms with Crippen LogP contribution in [0.25, 0.3) is 28.8 Å². The predicted octanol–water partition coefficient (Wildman–Crippen LogP) is 4.72. The maximum absolute atomic E-state index is 12.5. The number of aliphatic hydroxyl groups is 1. The number of anilines is 2. The summed E-state index contributed by atoms with van der Waals surface area (Å²) in [6.07, 6.45) is 2.85. The molecular weight excluding hydrogens is 710 g/mol. The Morgan fingerprint density at radius 2 is 1.18 bits per heavy atom. The van der Waals surface area contributed by atoms with Gasteiger partial charge in [0, 0.05) is 5.56 Å². The maximum atomic E-state index is 12.5. The average Bonchev–Trinajstić information content (AvgIpc) is 3.96. The highest BCUT2D eigenvalue weighted by molar-refractivity contribution is 5.94. The molecule has 0 aliphatic rings. The van der Waals surface area contributed by atoms with Crippen molar-refractivity contribution in [2.45, 2.75) is 13.8 Å². The molecule has 0 atom stereocenters. The molecule has 0 fully saturated rings. The van der Waals surface area contributed by atoms with E-state index in [-0.39, 0.29) is 52.9 Å². The van der Waals surface area contributed by atoms with Crippen molar-refractivity contribution in [2.75, 3.05) is 25.2 Å². The van der Waals surface area contributed by atoms with Gasteiger partial charge in [0.15, 0.2) is 34.6 Å².